The van der Waals surface area contributed by atoms with E-state index < -0.39 is 11.2 Å². The first kappa shape index (κ1) is 33.6. The van der Waals surface area contributed by atoms with Gasteiger partial charge in [-0.3, -0.25) is 14.8 Å². The molecule has 0 radical (unpaired) electrons. The van der Waals surface area contributed by atoms with Gasteiger partial charge < -0.3 is 14.5 Å². The van der Waals surface area contributed by atoms with E-state index >= 15 is 0 Å². The number of aromatic nitrogens is 2. The Hall–Kier alpha value is -4.92. The number of aliphatic imine (C=N–C) groups is 1. The highest BCUT2D eigenvalue weighted by atomic mass is 16.6. The van der Waals surface area contributed by atoms with Gasteiger partial charge >= 0.3 is 12.2 Å². The molecule has 2 fully saturated rings. The third-order valence-corrected chi connectivity index (χ3v) is 9.56. The van der Waals surface area contributed by atoms with Crippen LogP contribution in [-0.2, 0) is 9.47 Å². The van der Waals surface area contributed by atoms with Crippen molar-refractivity contribution in [1.82, 2.24) is 19.8 Å². The van der Waals surface area contributed by atoms with E-state index in [1.54, 1.807) is 4.90 Å². The number of hydrogen-bond acceptors (Lipinski definition) is 6. The number of carbonyl (C=O) groups is 2. The van der Waals surface area contributed by atoms with E-state index in [-0.39, 0.29) is 24.3 Å². The van der Waals surface area contributed by atoms with Crippen molar-refractivity contribution in [2.45, 2.75) is 96.9 Å². The molecule has 7 rings (SSSR count). The molecule has 4 aromatic rings. The lowest BCUT2D eigenvalue weighted by Gasteiger charge is -2.28. The summed E-state index contributed by atoms with van der Waals surface area (Å²) >= 11 is 0. The smallest absolute Gasteiger partial charge is 0.410 e. The molecule has 2 atom stereocenters. The summed E-state index contributed by atoms with van der Waals surface area (Å²) in [5, 5.41) is 2.30. The standard InChI is InChI=1S/C41H47N5O4/c1-40(2,3)49-38(47)45-19-7-9-35(45)33-23-32(24-42-33)27-13-11-26(12-14-27)28-15-16-30-22-31(18-17-29(30)21-28)34-25-43-37(44-34)36-10-8-20-46(36)39(48)50-41(4,5)6/h11-18,21-22,24-25,35-36H,7-10,19-20,23H2,1-6H3,(H,43,44)/t35-,36?/m0/s1. The molecule has 2 saturated heterocycles. The number of amides is 2. The van der Waals surface area contributed by atoms with Crippen LogP contribution in [0.15, 0.2) is 78.1 Å². The number of nitrogens with zero attached hydrogens (tertiary/aromatic N) is 4. The maximum atomic E-state index is 12.8. The molecular weight excluding hydrogens is 626 g/mol. The van der Waals surface area contributed by atoms with Crippen LogP contribution in [-0.4, -0.2) is 68.0 Å². The first-order valence-corrected chi connectivity index (χ1v) is 17.8. The van der Waals surface area contributed by atoms with Crippen LogP contribution in [0.1, 0.15) is 91.1 Å². The Morgan fingerprint density at radius 2 is 1.26 bits per heavy atom. The quantitative estimate of drug-likeness (QED) is 0.227. The van der Waals surface area contributed by atoms with Gasteiger partial charge in [0, 0.05) is 37.0 Å². The summed E-state index contributed by atoms with van der Waals surface area (Å²) in [5.74, 6) is 0.791. The molecule has 0 bridgehead atoms. The Morgan fingerprint density at radius 1 is 0.720 bits per heavy atom. The first-order valence-electron chi connectivity index (χ1n) is 17.8. The molecule has 3 aromatic carbocycles. The lowest BCUT2D eigenvalue weighted by molar-refractivity contribution is 0.0216. The van der Waals surface area contributed by atoms with Crippen molar-refractivity contribution in [3.8, 4) is 22.4 Å². The molecule has 0 spiro atoms. The normalized spacial score (nSPS) is 19.6. The third-order valence-electron chi connectivity index (χ3n) is 9.56. The average molecular weight is 674 g/mol. The van der Waals surface area contributed by atoms with Crippen LogP contribution < -0.4 is 0 Å². The molecule has 1 N–H and O–H groups in total. The monoisotopic (exact) mass is 673 g/mol. The minimum atomic E-state index is -0.537. The number of rotatable bonds is 5. The van der Waals surface area contributed by atoms with Gasteiger partial charge in [-0.2, -0.15) is 0 Å². The summed E-state index contributed by atoms with van der Waals surface area (Å²) in [6.45, 7) is 12.7. The maximum absolute atomic E-state index is 12.8. The van der Waals surface area contributed by atoms with Gasteiger partial charge in [0.25, 0.3) is 0 Å². The van der Waals surface area contributed by atoms with E-state index in [9.17, 15) is 9.59 Å². The molecule has 3 aliphatic heterocycles. The van der Waals surface area contributed by atoms with Crippen LogP contribution in [0.3, 0.4) is 0 Å². The van der Waals surface area contributed by atoms with Gasteiger partial charge in [-0.25, -0.2) is 14.6 Å². The number of likely N-dealkylation sites (tertiary alicyclic amines) is 2. The van der Waals surface area contributed by atoms with Crippen LogP contribution in [0.4, 0.5) is 9.59 Å². The van der Waals surface area contributed by atoms with E-state index in [1.807, 2.05) is 58.8 Å². The molecule has 50 heavy (non-hydrogen) atoms. The van der Waals surface area contributed by atoms with Crippen molar-refractivity contribution in [3.05, 3.63) is 84.4 Å². The van der Waals surface area contributed by atoms with Crippen LogP contribution in [0.2, 0.25) is 0 Å². The van der Waals surface area contributed by atoms with Gasteiger partial charge in [-0.05, 0) is 112 Å². The van der Waals surface area contributed by atoms with Crippen molar-refractivity contribution in [2.24, 2.45) is 4.99 Å². The number of H-pyrrole nitrogens is 1. The molecule has 1 aromatic heterocycles. The Balaban J connectivity index is 1.01. The average Bonchev–Trinajstić information content (AvgIpc) is 3.88. The van der Waals surface area contributed by atoms with Gasteiger partial charge in [-0.15, -0.1) is 0 Å². The highest BCUT2D eigenvalue weighted by molar-refractivity contribution is 6.03. The second-order valence-electron chi connectivity index (χ2n) is 15.7. The number of fused-ring (bicyclic) bond motifs is 1. The van der Waals surface area contributed by atoms with Crippen LogP contribution >= 0.6 is 0 Å². The minimum absolute atomic E-state index is 0.00636. The SMILES string of the molecule is CC(C)(C)OC(=O)N1CCCC1c1ncc(-c2ccc3cc(-c4ccc(C5=CN=C([C@@H]6CCCN6C(=O)OC(C)(C)C)C5)cc4)ccc3c2)[nH]1. The number of aromatic amines is 1. The van der Waals surface area contributed by atoms with Crippen LogP contribution in [0, 0.1) is 0 Å². The molecule has 0 aliphatic carbocycles. The molecular formula is C41H47N5O4. The summed E-state index contributed by atoms with van der Waals surface area (Å²) in [7, 11) is 0. The van der Waals surface area contributed by atoms with E-state index in [0.29, 0.717) is 13.1 Å². The van der Waals surface area contributed by atoms with Crippen molar-refractivity contribution in [1.29, 1.82) is 0 Å². The van der Waals surface area contributed by atoms with Crippen molar-refractivity contribution >= 4 is 34.2 Å². The number of allylic oxidation sites excluding steroid dienone is 1. The van der Waals surface area contributed by atoms with Gasteiger partial charge in [0.05, 0.1) is 24.0 Å². The summed E-state index contributed by atoms with van der Waals surface area (Å²) in [6.07, 6.45) is 7.66. The largest absolute Gasteiger partial charge is 0.444 e. The van der Waals surface area contributed by atoms with Crippen molar-refractivity contribution in [2.75, 3.05) is 13.1 Å². The highest BCUT2D eigenvalue weighted by Gasteiger charge is 2.37. The lowest BCUT2D eigenvalue weighted by Crippen LogP contribution is -2.43. The maximum Gasteiger partial charge on any atom is 0.410 e. The summed E-state index contributed by atoms with van der Waals surface area (Å²) in [6, 6.07) is 21.5. The highest BCUT2D eigenvalue weighted by Crippen LogP contribution is 2.35. The fourth-order valence-electron chi connectivity index (χ4n) is 7.19. The lowest BCUT2D eigenvalue weighted by atomic mass is 9.95. The second kappa shape index (κ2) is 13.1. The fourth-order valence-corrected chi connectivity index (χ4v) is 7.19. The second-order valence-corrected chi connectivity index (χ2v) is 15.7. The Labute approximate surface area is 294 Å². The van der Waals surface area contributed by atoms with Gasteiger partial charge in [-0.1, -0.05) is 48.5 Å². The molecule has 3 aliphatic rings. The number of nitrogens with one attached hydrogen (secondary N) is 1. The zero-order chi connectivity index (χ0) is 35.2. The predicted octanol–water partition coefficient (Wildman–Crippen LogP) is 9.55. The summed E-state index contributed by atoms with van der Waals surface area (Å²) < 4.78 is 11.3. The molecule has 9 heteroatoms. The van der Waals surface area contributed by atoms with Gasteiger partial charge in [0.1, 0.15) is 17.0 Å². The van der Waals surface area contributed by atoms with Gasteiger partial charge in [0.2, 0.25) is 0 Å². The minimum Gasteiger partial charge on any atom is -0.444 e. The van der Waals surface area contributed by atoms with Crippen LogP contribution in [0.5, 0.6) is 0 Å². The van der Waals surface area contributed by atoms with Crippen LogP contribution in [0.25, 0.3) is 38.7 Å². The number of imidazole rings is 1. The molecule has 9 nitrogen and oxygen atoms in total. The third kappa shape index (κ3) is 7.18. The Morgan fingerprint density at radius 3 is 1.90 bits per heavy atom. The summed E-state index contributed by atoms with van der Waals surface area (Å²) in [5.41, 5.74) is 6.57. The van der Waals surface area contributed by atoms with Gasteiger partial charge in [0.15, 0.2) is 0 Å². The molecule has 2 amide bonds. The topological polar surface area (TPSA) is 100 Å². The number of benzene rings is 3. The molecule has 0 saturated carbocycles. The number of ether oxygens (including phenoxy) is 2. The fraction of sp³-hybridized carbons (Fsp3) is 0.415. The summed E-state index contributed by atoms with van der Waals surface area (Å²) in [4.78, 5) is 42.2. The number of carbonyl (C=O) groups excluding carboxylic acids is 2. The van der Waals surface area contributed by atoms with E-state index in [4.69, 9.17) is 14.5 Å². The van der Waals surface area contributed by atoms with E-state index in [2.05, 4.69) is 70.6 Å². The first-order chi connectivity index (χ1) is 23.8. The molecule has 4 heterocycles. The van der Waals surface area contributed by atoms with E-state index in [1.165, 1.54) is 5.57 Å². The zero-order valence-electron chi connectivity index (χ0n) is 30.0. The van der Waals surface area contributed by atoms with Crippen molar-refractivity contribution < 1.29 is 19.1 Å². The predicted molar refractivity (Wildman–Crippen MR) is 198 cm³/mol. The Kier molecular flexibility index (Phi) is 8.78. The van der Waals surface area contributed by atoms with Crippen molar-refractivity contribution in [3.63, 3.8) is 0 Å². The zero-order valence-corrected chi connectivity index (χ0v) is 30.0. The molecule has 1 unspecified atom stereocenters. The van der Waals surface area contributed by atoms with E-state index in [0.717, 1.165) is 82.4 Å². The number of hydrogen-bond donors (Lipinski definition) is 1. The molecule has 260 valence electrons. The Bertz CT molecular complexity index is 1980.